The SMILES string of the molecule is CC[C@H](Oc1ccc2c(c1)CCCC2)C(=O)N1CCC(Cc2ccccc2)CC1. The lowest BCUT2D eigenvalue weighted by atomic mass is 9.90. The van der Waals surface area contributed by atoms with Gasteiger partial charge in [0, 0.05) is 13.1 Å². The number of piperidine rings is 1. The molecule has 0 bridgehead atoms. The Balaban J connectivity index is 1.32. The van der Waals surface area contributed by atoms with Crippen LogP contribution in [0.25, 0.3) is 0 Å². The molecule has 154 valence electrons. The van der Waals surface area contributed by atoms with E-state index in [4.69, 9.17) is 4.74 Å². The van der Waals surface area contributed by atoms with E-state index in [0.29, 0.717) is 12.3 Å². The first-order chi connectivity index (χ1) is 14.2. The van der Waals surface area contributed by atoms with E-state index in [0.717, 1.165) is 44.5 Å². The maximum Gasteiger partial charge on any atom is 0.263 e. The third kappa shape index (κ3) is 5.01. The molecule has 1 amide bonds. The average molecular weight is 392 g/mol. The maximum absolute atomic E-state index is 13.1. The zero-order valence-corrected chi connectivity index (χ0v) is 17.6. The summed E-state index contributed by atoms with van der Waals surface area (Å²) in [7, 11) is 0. The van der Waals surface area contributed by atoms with E-state index in [1.165, 1.54) is 36.0 Å². The highest BCUT2D eigenvalue weighted by molar-refractivity contribution is 5.81. The van der Waals surface area contributed by atoms with Crippen molar-refractivity contribution in [2.75, 3.05) is 13.1 Å². The van der Waals surface area contributed by atoms with Gasteiger partial charge in [-0.2, -0.15) is 0 Å². The fourth-order valence-electron chi connectivity index (χ4n) is 4.76. The Morgan fingerprint density at radius 2 is 1.76 bits per heavy atom. The maximum atomic E-state index is 13.1. The monoisotopic (exact) mass is 391 g/mol. The molecule has 1 atom stereocenters. The molecule has 2 aliphatic rings. The predicted molar refractivity (Wildman–Crippen MR) is 117 cm³/mol. The van der Waals surface area contributed by atoms with E-state index in [1.54, 1.807) is 0 Å². The number of benzene rings is 2. The third-order valence-corrected chi connectivity index (χ3v) is 6.54. The Bertz CT molecular complexity index is 809. The summed E-state index contributed by atoms with van der Waals surface area (Å²) >= 11 is 0. The van der Waals surface area contributed by atoms with Crippen molar-refractivity contribution in [3.05, 3.63) is 65.2 Å². The molecule has 1 aliphatic carbocycles. The fourth-order valence-corrected chi connectivity index (χ4v) is 4.76. The van der Waals surface area contributed by atoms with Crippen LogP contribution in [-0.4, -0.2) is 30.0 Å². The molecule has 0 unspecified atom stereocenters. The van der Waals surface area contributed by atoms with Crippen LogP contribution in [0.2, 0.25) is 0 Å². The Labute approximate surface area is 175 Å². The van der Waals surface area contributed by atoms with Crippen LogP contribution in [0.1, 0.15) is 55.7 Å². The minimum Gasteiger partial charge on any atom is -0.481 e. The number of fused-ring (bicyclic) bond motifs is 1. The van der Waals surface area contributed by atoms with Gasteiger partial charge in [0.25, 0.3) is 5.91 Å². The lowest BCUT2D eigenvalue weighted by molar-refractivity contribution is -0.140. The van der Waals surface area contributed by atoms with Gasteiger partial charge >= 0.3 is 0 Å². The normalized spacial score (nSPS) is 18.2. The highest BCUT2D eigenvalue weighted by Crippen LogP contribution is 2.27. The van der Waals surface area contributed by atoms with Gasteiger partial charge in [-0.3, -0.25) is 4.79 Å². The summed E-state index contributed by atoms with van der Waals surface area (Å²) in [5, 5.41) is 0. The lowest BCUT2D eigenvalue weighted by Gasteiger charge is -2.34. The zero-order valence-electron chi connectivity index (χ0n) is 17.6. The number of hydrogen-bond acceptors (Lipinski definition) is 2. The molecule has 0 N–H and O–H groups in total. The third-order valence-electron chi connectivity index (χ3n) is 6.54. The molecule has 1 aliphatic heterocycles. The molecule has 1 heterocycles. The molecule has 2 aromatic carbocycles. The molecule has 2 aromatic rings. The van der Waals surface area contributed by atoms with Gasteiger partial charge in [-0.1, -0.05) is 43.3 Å². The van der Waals surface area contributed by atoms with Gasteiger partial charge in [0.05, 0.1) is 0 Å². The number of aryl methyl sites for hydroxylation is 2. The van der Waals surface area contributed by atoms with Gasteiger partial charge in [-0.15, -0.1) is 0 Å². The van der Waals surface area contributed by atoms with Gasteiger partial charge in [0.2, 0.25) is 0 Å². The predicted octanol–water partition coefficient (Wildman–Crippen LogP) is 5.20. The van der Waals surface area contributed by atoms with E-state index >= 15 is 0 Å². The van der Waals surface area contributed by atoms with Crippen LogP contribution in [0.15, 0.2) is 48.5 Å². The quantitative estimate of drug-likeness (QED) is 0.677. The van der Waals surface area contributed by atoms with Crippen LogP contribution in [0, 0.1) is 5.92 Å². The van der Waals surface area contributed by atoms with E-state index < -0.39 is 0 Å². The molecule has 3 heteroatoms. The highest BCUT2D eigenvalue weighted by atomic mass is 16.5. The van der Waals surface area contributed by atoms with Gasteiger partial charge in [0.15, 0.2) is 6.10 Å². The molecule has 1 saturated heterocycles. The number of ether oxygens (including phenoxy) is 1. The second-order valence-corrected chi connectivity index (χ2v) is 8.61. The van der Waals surface area contributed by atoms with Gasteiger partial charge < -0.3 is 9.64 Å². The van der Waals surface area contributed by atoms with E-state index in [9.17, 15) is 4.79 Å². The second-order valence-electron chi connectivity index (χ2n) is 8.61. The summed E-state index contributed by atoms with van der Waals surface area (Å²) in [5.41, 5.74) is 4.25. The number of carbonyl (C=O) groups is 1. The topological polar surface area (TPSA) is 29.5 Å². The van der Waals surface area contributed by atoms with E-state index in [1.807, 2.05) is 17.9 Å². The van der Waals surface area contributed by atoms with Crippen molar-refractivity contribution in [3.8, 4) is 5.75 Å². The largest absolute Gasteiger partial charge is 0.481 e. The molecule has 0 radical (unpaired) electrons. The molecule has 3 nitrogen and oxygen atoms in total. The number of amides is 1. The number of hydrogen-bond donors (Lipinski definition) is 0. The molecule has 0 saturated carbocycles. The Morgan fingerprint density at radius 3 is 2.48 bits per heavy atom. The van der Waals surface area contributed by atoms with Crippen molar-refractivity contribution >= 4 is 5.91 Å². The van der Waals surface area contributed by atoms with Crippen molar-refractivity contribution in [2.24, 2.45) is 5.92 Å². The van der Waals surface area contributed by atoms with Gasteiger partial charge in [-0.05, 0) is 86.1 Å². The first kappa shape index (κ1) is 20.0. The standard InChI is InChI=1S/C26H33NO2/c1-2-25(29-24-13-12-22-10-6-7-11-23(22)19-24)26(28)27-16-14-21(15-17-27)18-20-8-4-3-5-9-20/h3-5,8-9,12-13,19,21,25H,2,6-7,10-11,14-18H2,1H3/t25-/m0/s1. The van der Waals surface area contributed by atoms with Gasteiger partial charge in [-0.25, -0.2) is 0 Å². The summed E-state index contributed by atoms with van der Waals surface area (Å²) in [6.07, 6.45) is 8.45. The molecule has 1 fully saturated rings. The minimum absolute atomic E-state index is 0.156. The van der Waals surface area contributed by atoms with E-state index in [2.05, 4.69) is 42.5 Å². The van der Waals surface area contributed by atoms with Gasteiger partial charge in [0.1, 0.15) is 5.75 Å². The van der Waals surface area contributed by atoms with Crippen LogP contribution in [-0.2, 0) is 24.1 Å². The molecule has 4 rings (SSSR count). The minimum atomic E-state index is -0.373. The van der Waals surface area contributed by atoms with E-state index in [-0.39, 0.29) is 12.0 Å². The first-order valence-electron chi connectivity index (χ1n) is 11.3. The smallest absolute Gasteiger partial charge is 0.263 e. The summed E-state index contributed by atoms with van der Waals surface area (Å²) in [4.78, 5) is 15.1. The fraction of sp³-hybridized carbons (Fsp3) is 0.500. The Morgan fingerprint density at radius 1 is 1.03 bits per heavy atom. The Hall–Kier alpha value is -2.29. The lowest BCUT2D eigenvalue weighted by Crippen LogP contribution is -2.45. The van der Waals surface area contributed by atoms with Crippen molar-refractivity contribution in [3.63, 3.8) is 0 Å². The molecular weight excluding hydrogens is 358 g/mol. The summed E-state index contributed by atoms with van der Waals surface area (Å²) in [6.45, 7) is 3.74. The summed E-state index contributed by atoms with van der Waals surface area (Å²) in [5.74, 6) is 1.68. The second kappa shape index (κ2) is 9.47. The number of rotatable bonds is 6. The van der Waals surface area contributed by atoms with Crippen LogP contribution >= 0.6 is 0 Å². The average Bonchev–Trinajstić information content (AvgIpc) is 2.78. The molecule has 0 aromatic heterocycles. The van der Waals surface area contributed by atoms with Crippen LogP contribution in [0.4, 0.5) is 0 Å². The van der Waals surface area contributed by atoms with Crippen molar-refractivity contribution in [1.82, 2.24) is 4.90 Å². The summed E-state index contributed by atoms with van der Waals surface area (Å²) in [6, 6.07) is 17.1. The van der Waals surface area contributed by atoms with Crippen LogP contribution in [0.3, 0.4) is 0 Å². The van der Waals surface area contributed by atoms with Crippen molar-refractivity contribution in [2.45, 2.75) is 64.4 Å². The van der Waals surface area contributed by atoms with Crippen LogP contribution < -0.4 is 4.74 Å². The highest BCUT2D eigenvalue weighted by Gasteiger charge is 2.29. The first-order valence-corrected chi connectivity index (χ1v) is 11.3. The molecule has 0 spiro atoms. The van der Waals surface area contributed by atoms with Crippen molar-refractivity contribution < 1.29 is 9.53 Å². The van der Waals surface area contributed by atoms with Crippen LogP contribution in [0.5, 0.6) is 5.75 Å². The van der Waals surface area contributed by atoms with Crippen molar-refractivity contribution in [1.29, 1.82) is 0 Å². The molecule has 29 heavy (non-hydrogen) atoms. The number of likely N-dealkylation sites (tertiary alicyclic amines) is 1. The number of nitrogens with zero attached hydrogens (tertiary/aromatic N) is 1. The Kier molecular flexibility index (Phi) is 6.53. The number of carbonyl (C=O) groups excluding carboxylic acids is 1. The zero-order chi connectivity index (χ0) is 20.1. The molecular formula is C26H33NO2. The summed E-state index contributed by atoms with van der Waals surface area (Å²) < 4.78 is 6.18.